The maximum absolute atomic E-state index is 11.7. The third-order valence-electron chi connectivity index (χ3n) is 5.30. The van der Waals surface area contributed by atoms with Crippen LogP contribution >= 0.6 is 11.3 Å². The van der Waals surface area contributed by atoms with Gasteiger partial charge < -0.3 is 10.1 Å². The Labute approximate surface area is 190 Å². The first-order valence-corrected chi connectivity index (χ1v) is 10.8. The minimum Gasteiger partial charge on any atom is -0.506 e. The minimum atomic E-state index is 0.0310. The van der Waals surface area contributed by atoms with Gasteiger partial charge in [0.2, 0.25) is 0 Å². The van der Waals surface area contributed by atoms with Crippen LogP contribution in [0.4, 0.5) is 0 Å². The van der Waals surface area contributed by atoms with Crippen molar-refractivity contribution in [3.63, 3.8) is 0 Å². The maximum atomic E-state index is 11.7. The van der Waals surface area contributed by atoms with Gasteiger partial charge in [-0.3, -0.25) is 24.8 Å². The number of hydrogen-bond donors (Lipinski definition) is 3. The van der Waals surface area contributed by atoms with Gasteiger partial charge in [-0.25, -0.2) is 4.98 Å². The second-order valence-corrected chi connectivity index (χ2v) is 8.59. The van der Waals surface area contributed by atoms with Gasteiger partial charge in [-0.05, 0) is 31.2 Å². The van der Waals surface area contributed by atoms with Gasteiger partial charge in [0.15, 0.2) is 11.6 Å². The number of ketones is 1. The number of nitrogens with zero attached hydrogens (tertiary/aromatic N) is 5. The Morgan fingerprint density at radius 2 is 1.91 bits per heavy atom. The highest BCUT2D eigenvalue weighted by atomic mass is 32.1. The van der Waals surface area contributed by atoms with Crippen molar-refractivity contribution >= 4 is 39.1 Å². The zero-order valence-electron chi connectivity index (χ0n) is 17.2. The molecule has 3 N–H and O–H groups in total. The molecule has 0 aliphatic carbocycles. The molecule has 0 bridgehead atoms. The fraction of sp³-hybridized carbons (Fsp3) is 0.0435. The third-order valence-corrected chi connectivity index (χ3v) is 6.52. The number of carbonyl (C=O) groups is 1. The van der Waals surface area contributed by atoms with E-state index in [1.807, 2.05) is 18.2 Å². The molecule has 6 rings (SSSR count). The van der Waals surface area contributed by atoms with E-state index in [2.05, 4.69) is 30.1 Å². The highest BCUT2D eigenvalue weighted by Crippen LogP contribution is 2.35. The van der Waals surface area contributed by atoms with Gasteiger partial charge in [0, 0.05) is 33.8 Å². The van der Waals surface area contributed by atoms with E-state index in [1.54, 1.807) is 37.8 Å². The molecular formula is C23H15N7O2S. The fourth-order valence-electron chi connectivity index (χ4n) is 3.72. The number of nitrogens with one attached hydrogen (secondary N) is 2. The quantitative estimate of drug-likeness (QED) is 0.332. The lowest BCUT2D eigenvalue weighted by molar-refractivity contribution is 0.102. The van der Waals surface area contributed by atoms with Gasteiger partial charge in [-0.2, -0.15) is 5.10 Å². The van der Waals surface area contributed by atoms with Crippen molar-refractivity contribution in [3.8, 4) is 39.0 Å². The lowest BCUT2D eigenvalue weighted by Crippen LogP contribution is -1.86. The summed E-state index contributed by atoms with van der Waals surface area (Å²) in [5, 5.41) is 18.0. The second kappa shape index (κ2) is 7.31. The first-order chi connectivity index (χ1) is 16.1. The summed E-state index contributed by atoms with van der Waals surface area (Å²) >= 11 is 1.42. The van der Waals surface area contributed by atoms with E-state index in [-0.39, 0.29) is 11.5 Å². The molecule has 6 aromatic heterocycles. The van der Waals surface area contributed by atoms with Gasteiger partial charge in [0.25, 0.3) is 0 Å². The van der Waals surface area contributed by atoms with Crippen molar-refractivity contribution in [2.24, 2.45) is 0 Å². The topological polar surface area (TPSA) is 133 Å². The zero-order valence-corrected chi connectivity index (χ0v) is 18.0. The molecule has 0 aromatic carbocycles. The summed E-state index contributed by atoms with van der Waals surface area (Å²) in [6, 6.07) is 7.23. The molecule has 0 spiro atoms. The van der Waals surface area contributed by atoms with Crippen molar-refractivity contribution in [3.05, 3.63) is 60.1 Å². The smallest absolute Gasteiger partial charge is 0.169 e. The summed E-state index contributed by atoms with van der Waals surface area (Å²) in [6.07, 6.45) is 8.18. The molecule has 160 valence electrons. The average molecular weight is 453 g/mol. The van der Waals surface area contributed by atoms with Crippen LogP contribution in [0.1, 0.15) is 16.6 Å². The van der Waals surface area contributed by atoms with Crippen LogP contribution in [0.3, 0.4) is 0 Å². The minimum absolute atomic E-state index is 0.0310. The van der Waals surface area contributed by atoms with E-state index < -0.39 is 0 Å². The number of H-pyrrole nitrogens is 2. The summed E-state index contributed by atoms with van der Waals surface area (Å²) in [5.41, 5.74) is 5.11. The van der Waals surface area contributed by atoms with Crippen LogP contribution < -0.4 is 0 Å². The standard InChI is InChI=1S/C23H15N7O2S/c1-11(31)19-2-3-20(33-19)15-8-25-9-18-21(15)28-23(27-18)22-14-5-16(26-10-17(14)29-30-22)12-4-13(32)7-24-6-12/h2-10,32H,1H3,(H,27,28)(H,29,30). The molecular weight excluding hydrogens is 438 g/mol. The van der Waals surface area contributed by atoms with Crippen LogP contribution in [-0.2, 0) is 0 Å². The predicted octanol–water partition coefficient (Wildman–Crippen LogP) is 4.59. The lowest BCUT2D eigenvalue weighted by atomic mass is 10.1. The number of aromatic amines is 2. The molecule has 0 saturated carbocycles. The van der Waals surface area contributed by atoms with Crippen LogP contribution in [-0.4, -0.2) is 46.0 Å². The molecule has 0 fully saturated rings. The number of aromatic hydroxyl groups is 1. The number of aromatic nitrogens is 7. The Bertz CT molecular complexity index is 1680. The van der Waals surface area contributed by atoms with Crippen LogP contribution in [0.25, 0.3) is 55.2 Å². The van der Waals surface area contributed by atoms with Crippen molar-refractivity contribution < 1.29 is 9.90 Å². The highest BCUT2D eigenvalue weighted by molar-refractivity contribution is 7.17. The number of rotatable bonds is 4. The fourth-order valence-corrected chi connectivity index (χ4v) is 4.63. The lowest BCUT2D eigenvalue weighted by Gasteiger charge is -2.01. The molecule has 0 aliphatic rings. The van der Waals surface area contributed by atoms with Gasteiger partial charge in [0.1, 0.15) is 17.0 Å². The van der Waals surface area contributed by atoms with E-state index in [1.165, 1.54) is 17.5 Å². The van der Waals surface area contributed by atoms with E-state index in [4.69, 9.17) is 4.98 Å². The Morgan fingerprint density at radius 3 is 2.73 bits per heavy atom. The molecule has 0 amide bonds. The third kappa shape index (κ3) is 3.24. The SMILES string of the molecule is CC(=O)c1ccc(-c2cncc3[nH]c(-c4n[nH]c5cnc(-c6cncc(O)c6)cc45)nc23)s1. The van der Waals surface area contributed by atoms with Crippen molar-refractivity contribution in [2.75, 3.05) is 0 Å². The summed E-state index contributed by atoms with van der Waals surface area (Å²) < 4.78 is 0. The number of pyridine rings is 3. The molecule has 6 heterocycles. The molecule has 0 unspecified atom stereocenters. The van der Waals surface area contributed by atoms with Crippen LogP contribution in [0, 0.1) is 0 Å². The van der Waals surface area contributed by atoms with Gasteiger partial charge in [0.05, 0.1) is 40.2 Å². The van der Waals surface area contributed by atoms with Gasteiger partial charge in [-0.15, -0.1) is 11.3 Å². The number of hydrogen-bond acceptors (Lipinski definition) is 8. The Kier molecular flexibility index (Phi) is 4.27. The first-order valence-electron chi connectivity index (χ1n) is 10.0. The van der Waals surface area contributed by atoms with Crippen LogP contribution in [0.5, 0.6) is 5.75 Å². The Hall–Kier alpha value is -4.44. The van der Waals surface area contributed by atoms with E-state index in [0.29, 0.717) is 27.7 Å². The molecule has 0 atom stereocenters. The van der Waals surface area contributed by atoms with E-state index >= 15 is 0 Å². The molecule has 10 heteroatoms. The molecule has 0 aliphatic heterocycles. The number of Topliss-reactive ketones (excluding diaryl/α,β-unsaturated/α-hetero) is 1. The Morgan fingerprint density at radius 1 is 1.03 bits per heavy atom. The van der Waals surface area contributed by atoms with Crippen LogP contribution in [0.2, 0.25) is 0 Å². The van der Waals surface area contributed by atoms with Gasteiger partial charge in [-0.1, -0.05) is 0 Å². The highest BCUT2D eigenvalue weighted by Gasteiger charge is 2.17. The molecule has 0 saturated heterocycles. The molecule has 0 radical (unpaired) electrons. The summed E-state index contributed by atoms with van der Waals surface area (Å²) in [6.45, 7) is 1.56. The number of imidazole rings is 1. The summed E-state index contributed by atoms with van der Waals surface area (Å²) in [7, 11) is 0. The van der Waals surface area contributed by atoms with E-state index in [9.17, 15) is 9.90 Å². The molecule has 33 heavy (non-hydrogen) atoms. The van der Waals surface area contributed by atoms with Gasteiger partial charge >= 0.3 is 0 Å². The first kappa shape index (κ1) is 19.3. The van der Waals surface area contributed by atoms with Crippen molar-refractivity contribution in [1.29, 1.82) is 0 Å². The van der Waals surface area contributed by atoms with Crippen molar-refractivity contribution in [2.45, 2.75) is 6.92 Å². The molecule has 9 nitrogen and oxygen atoms in total. The van der Waals surface area contributed by atoms with E-state index in [0.717, 1.165) is 32.4 Å². The largest absolute Gasteiger partial charge is 0.506 e. The van der Waals surface area contributed by atoms with Crippen LogP contribution in [0.15, 0.2) is 55.2 Å². The number of thiophene rings is 1. The number of carbonyl (C=O) groups excluding carboxylic acids is 1. The number of fused-ring (bicyclic) bond motifs is 2. The average Bonchev–Trinajstić information content (AvgIpc) is 3.55. The maximum Gasteiger partial charge on any atom is 0.169 e. The van der Waals surface area contributed by atoms with Crippen molar-refractivity contribution in [1.82, 2.24) is 35.1 Å². The zero-order chi connectivity index (χ0) is 22.5. The summed E-state index contributed by atoms with van der Waals surface area (Å²) in [5.74, 6) is 0.684. The normalized spacial score (nSPS) is 11.4. The Balaban J connectivity index is 1.48. The summed E-state index contributed by atoms with van der Waals surface area (Å²) in [4.78, 5) is 34.3. The monoisotopic (exact) mass is 453 g/mol. The predicted molar refractivity (Wildman–Crippen MR) is 125 cm³/mol. The molecule has 6 aromatic rings. The second-order valence-electron chi connectivity index (χ2n) is 7.51.